The summed E-state index contributed by atoms with van der Waals surface area (Å²) in [6.07, 6.45) is 0. The molecule has 5 heteroatoms. The van der Waals surface area contributed by atoms with Gasteiger partial charge < -0.3 is 10.2 Å². The van der Waals surface area contributed by atoms with Crippen LogP contribution in [0.15, 0.2) is 18.2 Å². The van der Waals surface area contributed by atoms with Crippen LogP contribution in [0, 0.1) is 5.82 Å². The Bertz CT molecular complexity index is 456. The van der Waals surface area contributed by atoms with Crippen molar-refractivity contribution in [1.29, 1.82) is 0 Å². The number of rotatable bonds is 1. The molecule has 2 atom stereocenters. The summed E-state index contributed by atoms with van der Waals surface area (Å²) in [6, 6.07) is 4.66. The predicted molar refractivity (Wildman–Crippen MR) is 69.4 cm³/mol. The van der Waals surface area contributed by atoms with Gasteiger partial charge in [-0.3, -0.25) is 4.79 Å². The molecule has 0 aromatic heterocycles. The van der Waals surface area contributed by atoms with E-state index in [1.54, 1.807) is 11.0 Å². The number of amides is 1. The van der Waals surface area contributed by atoms with Crippen LogP contribution in [0.25, 0.3) is 0 Å². The van der Waals surface area contributed by atoms with Crippen LogP contribution >= 0.6 is 11.6 Å². The molecule has 1 amide bonds. The van der Waals surface area contributed by atoms with E-state index in [1.807, 2.05) is 13.8 Å². The summed E-state index contributed by atoms with van der Waals surface area (Å²) < 4.78 is 13.3. The van der Waals surface area contributed by atoms with Gasteiger partial charge in [-0.05, 0) is 32.0 Å². The molecule has 1 aliphatic heterocycles. The SMILES string of the molecule is CC1CN(C(=O)c2ccc(Cl)c(F)c2)CC(C)N1. The Hall–Kier alpha value is -1.13. The Morgan fingerprint density at radius 2 is 2.00 bits per heavy atom. The van der Waals surface area contributed by atoms with Crippen LogP contribution in [0.5, 0.6) is 0 Å². The average Bonchev–Trinajstić information content (AvgIpc) is 2.30. The standard InChI is InChI=1S/C13H16ClFN2O/c1-8-6-17(7-9(2)16-8)13(18)10-3-4-11(14)12(15)5-10/h3-5,8-9,16H,6-7H2,1-2H3. The van der Waals surface area contributed by atoms with E-state index in [-0.39, 0.29) is 23.0 Å². The third-order valence-corrected chi connectivity index (χ3v) is 3.32. The molecule has 0 spiro atoms. The zero-order valence-corrected chi connectivity index (χ0v) is 11.2. The van der Waals surface area contributed by atoms with Crippen LogP contribution in [0.4, 0.5) is 4.39 Å². The third-order valence-electron chi connectivity index (χ3n) is 3.01. The fourth-order valence-electron chi connectivity index (χ4n) is 2.30. The lowest BCUT2D eigenvalue weighted by molar-refractivity contribution is 0.0673. The van der Waals surface area contributed by atoms with E-state index >= 15 is 0 Å². The van der Waals surface area contributed by atoms with Crippen LogP contribution < -0.4 is 5.32 Å². The molecule has 98 valence electrons. The fraction of sp³-hybridized carbons (Fsp3) is 0.462. The first kappa shape index (κ1) is 13.3. The molecular weight excluding hydrogens is 255 g/mol. The van der Waals surface area contributed by atoms with Gasteiger partial charge in [0.2, 0.25) is 0 Å². The Morgan fingerprint density at radius 1 is 1.39 bits per heavy atom. The van der Waals surface area contributed by atoms with E-state index in [0.29, 0.717) is 18.7 Å². The second kappa shape index (κ2) is 5.24. The Balaban J connectivity index is 2.17. The average molecular weight is 271 g/mol. The normalized spacial score (nSPS) is 24.1. The van der Waals surface area contributed by atoms with Crippen LogP contribution in [-0.4, -0.2) is 36.0 Å². The summed E-state index contributed by atoms with van der Waals surface area (Å²) in [5.74, 6) is -0.704. The molecule has 0 radical (unpaired) electrons. The molecule has 1 aliphatic rings. The number of carbonyl (C=O) groups excluding carboxylic acids is 1. The van der Waals surface area contributed by atoms with Crippen molar-refractivity contribution in [3.8, 4) is 0 Å². The molecule has 1 N–H and O–H groups in total. The highest BCUT2D eigenvalue weighted by atomic mass is 35.5. The number of benzene rings is 1. The number of hydrogen-bond donors (Lipinski definition) is 1. The first-order valence-corrected chi connectivity index (χ1v) is 6.35. The maximum Gasteiger partial charge on any atom is 0.254 e. The molecule has 1 aromatic rings. The van der Waals surface area contributed by atoms with E-state index in [1.165, 1.54) is 12.1 Å². The van der Waals surface area contributed by atoms with E-state index < -0.39 is 5.82 Å². The summed E-state index contributed by atoms with van der Waals surface area (Å²) >= 11 is 5.61. The fourth-order valence-corrected chi connectivity index (χ4v) is 2.42. The van der Waals surface area contributed by atoms with Crippen LogP contribution in [0.1, 0.15) is 24.2 Å². The maximum atomic E-state index is 13.3. The van der Waals surface area contributed by atoms with E-state index in [2.05, 4.69) is 5.32 Å². The Morgan fingerprint density at radius 3 is 2.56 bits per heavy atom. The summed E-state index contributed by atoms with van der Waals surface area (Å²) in [7, 11) is 0. The number of carbonyl (C=O) groups is 1. The molecule has 1 saturated heterocycles. The lowest BCUT2D eigenvalue weighted by Crippen LogP contribution is -2.55. The predicted octanol–water partition coefficient (Wildman–Crippen LogP) is 2.30. The Kier molecular flexibility index (Phi) is 3.88. The molecule has 18 heavy (non-hydrogen) atoms. The summed E-state index contributed by atoms with van der Waals surface area (Å²) in [5.41, 5.74) is 0.346. The summed E-state index contributed by atoms with van der Waals surface area (Å²) in [5, 5.41) is 3.38. The number of hydrogen-bond acceptors (Lipinski definition) is 2. The van der Waals surface area contributed by atoms with Gasteiger partial charge in [-0.2, -0.15) is 0 Å². The number of halogens is 2. The van der Waals surface area contributed by atoms with Crippen LogP contribution in [0.3, 0.4) is 0 Å². The van der Waals surface area contributed by atoms with Gasteiger partial charge >= 0.3 is 0 Å². The van der Waals surface area contributed by atoms with Gasteiger partial charge in [0.05, 0.1) is 5.02 Å². The summed E-state index contributed by atoms with van der Waals surface area (Å²) in [4.78, 5) is 14.0. The molecule has 2 rings (SSSR count). The number of piperazine rings is 1. The minimum atomic E-state index is -0.557. The van der Waals surface area contributed by atoms with Gasteiger partial charge in [0.1, 0.15) is 5.82 Å². The molecule has 0 aliphatic carbocycles. The minimum absolute atomic E-state index is 0.0357. The van der Waals surface area contributed by atoms with Gasteiger partial charge in [0, 0.05) is 30.7 Å². The van der Waals surface area contributed by atoms with Gasteiger partial charge in [-0.25, -0.2) is 4.39 Å². The zero-order chi connectivity index (χ0) is 13.3. The molecule has 1 heterocycles. The first-order valence-electron chi connectivity index (χ1n) is 5.97. The highest BCUT2D eigenvalue weighted by Crippen LogP contribution is 2.17. The topological polar surface area (TPSA) is 32.3 Å². The van der Waals surface area contributed by atoms with Gasteiger partial charge in [0.25, 0.3) is 5.91 Å². The highest BCUT2D eigenvalue weighted by Gasteiger charge is 2.25. The smallest absolute Gasteiger partial charge is 0.254 e. The van der Waals surface area contributed by atoms with Crippen molar-refractivity contribution < 1.29 is 9.18 Å². The lowest BCUT2D eigenvalue weighted by Gasteiger charge is -2.36. The van der Waals surface area contributed by atoms with Crippen molar-refractivity contribution in [3.05, 3.63) is 34.6 Å². The molecule has 0 bridgehead atoms. The van der Waals surface area contributed by atoms with Crippen molar-refractivity contribution in [2.75, 3.05) is 13.1 Å². The van der Waals surface area contributed by atoms with Gasteiger partial charge in [0.15, 0.2) is 0 Å². The maximum absolute atomic E-state index is 13.3. The molecule has 3 nitrogen and oxygen atoms in total. The first-order chi connectivity index (χ1) is 8.47. The summed E-state index contributed by atoms with van der Waals surface area (Å²) in [6.45, 7) is 5.32. The number of nitrogens with one attached hydrogen (secondary N) is 1. The molecule has 2 unspecified atom stereocenters. The van der Waals surface area contributed by atoms with E-state index in [4.69, 9.17) is 11.6 Å². The highest BCUT2D eigenvalue weighted by molar-refractivity contribution is 6.30. The van der Waals surface area contributed by atoms with Crippen LogP contribution in [-0.2, 0) is 0 Å². The van der Waals surface area contributed by atoms with Gasteiger partial charge in [-0.1, -0.05) is 11.6 Å². The minimum Gasteiger partial charge on any atom is -0.336 e. The number of nitrogens with zero attached hydrogens (tertiary/aromatic N) is 1. The quantitative estimate of drug-likeness (QED) is 0.849. The second-order valence-corrected chi connectivity index (χ2v) is 5.21. The third kappa shape index (κ3) is 2.82. The van der Waals surface area contributed by atoms with Crippen LogP contribution in [0.2, 0.25) is 5.02 Å². The lowest BCUT2D eigenvalue weighted by atomic mass is 10.1. The van der Waals surface area contributed by atoms with E-state index in [9.17, 15) is 9.18 Å². The van der Waals surface area contributed by atoms with Crippen molar-refractivity contribution >= 4 is 17.5 Å². The van der Waals surface area contributed by atoms with Crippen molar-refractivity contribution in [1.82, 2.24) is 10.2 Å². The van der Waals surface area contributed by atoms with Gasteiger partial charge in [-0.15, -0.1) is 0 Å². The second-order valence-electron chi connectivity index (χ2n) is 4.81. The monoisotopic (exact) mass is 270 g/mol. The molecule has 1 fully saturated rings. The zero-order valence-electron chi connectivity index (χ0n) is 10.4. The molecular formula is C13H16ClFN2O. The van der Waals surface area contributed by atoms with Crippen molar-refractivity contribution in [2.45, 2.75) is 25.9 Å². The molecule has 0 saturated carbocycles. The van der Waals surface area contributed by atoms with Crippen molar-refractivity contribution in [2.24, 2.45) is 0 Å². The molecule has 1 aromatic carbocycles. The van der Waals surface area contributed by atoms with E-state index in [0.717, 1.165) is 0 Å². The Labute approximate surface area is 111 Å². The largest absolute Gasteiger partial charge is 0.336 e. The van der Waals surface area contributed by atoms with Crippen molar-refractivity contribution in [3.63, 3.8) is 0 Å².